The molecule has 0 radical (unpaired) electrons. The van der Waals surface area contributed by atoms with Gasteiger partial charge in [-0.1, -0.05) is 17.7 Å². The molecule has 0 atom stereocenters. The van der Waals surface area contributed by atoms with Crippen molar-refractivity contribution >= 4 is 5.91 Å². The molecule has 5 nitrogen and oxygen atoms in total. The van der Waals surface area contributed by atoms with Gasteiger partial charge in [-0.25, -0.2) is 0 Å². The second kappa shape index (κ2) is 6.56. The van der Waals surface area contributed by atoms with Crippen molar-refractivity contribution in [2.45, 2.75) is 6.92 Å². The Morgan fingerprint density at radius 1 is 1.20 bits per heavy atom. The molecule has 0 bridgehead atoms. The van der Waals surface area contributed by atoms with Crippen LogP contribution >= 0.6 is 0 Å². The number of aromatic nitrogens is 1. The van der Waals surface area contributed by atoms with Crippen LogP contribution in [0.5, 0.6) is 5.75 Å². The number of aryl methyl sites for hydroxylation is 1. The van der Waals surface area contributed by atoms with Gasteiger partial charge in [-0.15, -0.1) is 0 Å². The number of carbonyl (C=O) groups excluding carboxylic acids is 1. The van der Waals surface area contributed by atoms with Gasteiger partial charge in [-0.2, -0.15) is 0 Å². The van der Waals surface area contributed by atoms with E-state index >= 15 is 0 Å². The fourth-order valence-electron chi connectivity index (χ4n) is 1.62. The number of amides is 1. The Hall–Kier alpha value is -2.56. The highest BCUT2D eigenvalue weighted by Gasteiger charge is 2.04. The molecule has 1 aromatic heterocycles. The third-order valence-corrected chi connectivity index (χ3v) is 2.72. The molecule has 1 heterocycles. The summed E-state index contributed by atoms with van der Waals surface area (Å²) in [4.78, 5) is 25.1. The maximum Gasteiger partial charge on any atom is 0.252 e. The first-order valence-corrected chi connectivity index (χ1v) is 6.31. The lowest BCUT2D eigenvalue weighted by atomic mass is 10.2. The van der Waals surface area contributed by atoms with E-state index in [0.717, 1.165) is 5.75 Å². The summed E-state index contributed by atoms with van der Waals surface area (Å²) in [7, 11) is 0. The van der Waals surface area contributed by atoms with E-state index in [-0.39, 0.29) is 11.5 Å². The second-order valence-corrected chi connectivity index (χ2v) is 4.36. The molecule has 2 N–H and O–H groups in total. The smallest absolute Gasteiger partial charge is 0.252 e. The van der Waals surface area contributed by atoms with Crippen molar-refractivity contribution in [3.8, 4) is 5.75 Å². The maximum absolute atomic E-state index is 11.7. The Kier molecular flexibility index (Phi) is 4.55. The monoisotopic (exact) mass is 272 g/mol. The molecular weight excluding hydrogens is 256 g/mol. The van der Waals surface area contributed by atoms with Crippen LogP contribution in [0.2, 0.25) is 0 Å². The summed E-state index contributed by atoms with van der Waals surface area (Å²) in [5.74, 6) is 0.530. The largest absolute Gasteiger partial charge is 0.492 e. The van der Waals surface area contributed by atoms with Crippen molar-refractivity contribution in [1.29, 1.82) is 0 Å². The summed E-state index contributed by atoms with van der Waals surface area (Å²) < 4.78 is 5.49. The van der Waals surface area contributed by atoms with E-state index in [9.17, 15) is 9.59 Å². The molecule has 2 aromatic rings. The molecule has 0 fully saturated rings. The summed E-state index contributed by atoms with van der Waals surface area (Å²) in [5.41, 5.74) is 1.35. The fraction of sp³-hybridized carbons (Fsp3) is 0.200. The van der Waals surface area contributed by atoms with Crippen LogP contribution in [-0.4, -0.2) is 24.0 Å². The number of pyridine rings is 1. The zero-order valence-electron chi connectivity index (χ0n) is 11.2. The number of nitrogens with one attached hydrogen (secondary N) is 2. The highest BCUT2D eigenvalue weighted by molar-refractivity contribution is 5.93. The number of ether oxygens (including phenoxy) is 1. The minimum absolute atomic E-state index is 0.232. The zero-order chi connectivity index (χ0) is 14.4. The van der Waals surface area contributed by atoms with Crippen LogP contribution in [-0.2, 0) is 0 Å². The Balaban J connectivity index is 1.75. The second-order valence-electron chi connectivity index (χ2n) is 4.36. The lowest BCUT2D eigenvalue weighted by molar-refractivity contribution is 0.0946. The van der Waals surface area contributed by atoms with Crippen molar-refractivity contribution in [3.63, 3.8) is 0 Å². The van der Waals surface area contributed by atoms with Gasteiger partial charge in [0.05, 0.1) is 12.1 Å². The van der Waals surface area contributed by atoms with Crippen molar-refractivity contribution in [2.24, 2.45) is 0 Å². The predicted molar refractivity (Wildman–Crippen MR) is 76.1 cm³/mol. The minimum Gasteiger partial charge on any atom is -0.492 e. The standard InChI is InChI=1S/C15H16N2O3/c1-11-2-5-13(6-3-11)20-9-8-16-15(19)12-4-7-14(18)17-10-12/h2-7,10H,8-9H2,1H3,(H,16,19)(H,17,18). The van der Waals surface area contributed by atoms with E-state index in [1.54, 1.807) is 0 Å². The molecule has 1 aromatic carbocycles. The van der Waals surface area contributed by atoms with Gasteiger partial charge in [0, 0.05) is 12.3 Å². The average Bonchev–Trinajstić information content (AvgIpc) is 2.46. The SMILES string of the molecule is Cc1ccc(OCCNC(=O)c2ccc(=O)[nH]c2)cc1. The van der Waals surface area contributed by atoms with Crippen molar-refractivity contribution < 1.29 is 9.53 Å². The first kappa shape index (κ1) is 13.9. The van der Waals surface area contributed by atoms with E-state index in [1.807, 2.05) is 31.2 Å². The molecule has 0 aliphatic rings. The third-order valence-electron chi connectivity index (χ3n) is 2.72. The fourth-order valence-corrected chi connectivity index (χ4v) is 1.62. The topological polar surface area (TPSA) is 71.2 Å². The maximum atomic E-state index is 11.7. The first-order valence-electron chi connectivity index (χ1n) is 6.31. The van der Waals surface area contributed by atoms with Gasteiger partial charge in [0.2, 0.25) is 5.56 Å². The highest BCUT2D eigenvalue weighted by Crippen LogP contribution is 2.10. The molecule has 0 unspecified atom stereocenters. The van der Waals surface area contributed by atoms with Gasteiger partial charge in [0.15, 0.2) is 0 Å². The van der Waals surface area contributed by atoms with E-state index in [0.29, 0.717) is 18.7 Å². The summed E-state index contributed by atoms with van der Waals surface area (Å²) in [5, 5.41) is 2.71. The molecule has 2 rings (SSSR count). The number of hydrogen-bond acceptors (Lipinski definition) is 3. The lowest BCUT2D eigenvalue weighted by Gasteiger charge is -2.07. The van der Waals surface area contributed by atoms with Crippen LogP contribution in [0.4, 0.5) is 0 Å². The third kappa shape index (κ3) is 3.98. The average molecular weight is 272 g/mol. The van der Waals surface area contributed by atoms with Crippen molar-refractivity contribution in [2.75, 3.05) is 13.2 Å². The molecule has 104 valence electrons. The lowest BCUT2D eigenvalue weighted by Crippen LogP contribution is -2.28. The molecule has 1 amide bonds. The number of hydrogen-bond donors (Lipinski definition) is 2. The van der Waals surface area contributed by atoms with Crippen LogP contribution in [0.3, 0.4) is 0 Å². The van der Waals surface area contributed by atoms with E-state index in [4.69, 9.17) is 4.74 Å². The summed E-state index contributed by atoms with van der Waals surface area (Å²) in [6.45, 7) is 2.79. The molecular formula is C15H16N2O3. The van der Waals surface area contributed by atoms with Gasteiger partial charge in [-0.3, -0.25) is 9.59 Å². The number of benzene rings is 1. The van der Waals surface area contributed by atoms with Crippen LogP contribution in [0.1, 0.15) is 15.9 Å². The molecule has 20 heavy (non-hydrogen) atoms. The molecule has 0 saturated carbocycles. The molecule has 5 heteroatoms. The molecule has 0 saturated heterocycles. The van der Waals surface area contributed by atoms with E-state index in [1.165, 1.54) is 23.9 Å². The molecule has 0 aliphatic heterocycles. The first-order chi connectivity index (χ1) is 9.65. The van der Waals surface area contributed by atoms with Crippen molar-refractivity contribution in [1.82, 2.24) is 10.3 Å². The van der Waals surface area contributed by atoms with Gasteiger partial charge >= 0.3 is 0 Å². The Bertz CT molecular complexity index is 612. The molecule has 0 spiro atoms. The van der Waals surface area contributed by atoms with Crippen LogP contribution < -0.4 is 15.6 Å². The Labute approximate surface area is 116 Å². The minimum atomic E-state index is -0.242. The van der Waals surface area contributed by atoms with Gasteiger partial charge in [0.25, 0.3) is 5.91 Å². The quantitative estimate of drug-likeness (QED) is 0.810. The van der Waals surface area contributed by atoms with E-state index < -0.39 is 0 Å². The summed E-state index contributed by atoms with van der Waals surface area (Å²) >= 11 is 0. The normalized spacial score (nSPS) is 10.1. The van der Waals surface area contributed by atoms with E-state index in [2.05, 4.69) is 10.3 Å². The van der Waals surface area contributed by atoms with Crippen LogP contribution in [0, 0.1) is 6.92 Å². The predicted octanol–water partition coefficient (Wildman–Crippen LogP) is 1.49. The number of carbonyl (C=O) groups is 1. The van der Waals surface area contributed by atoms with Crippen LogP contribution in [0.15, 0.2) is 47.4 Å². The Morgan fingerprint density at radius 2 is 1.95 bits per heavy atom. The number of rotatable bonds is 5. The van der Waals surface area contributed by atoms with Crippen LogP contribution in [0.25, 0.3) is 0 Å². The number of H-pyrrole nitrogens is 1. The Morgan fingerprint density at radius 3 is 2.60 bits per heavy atom. The zero-order valence-corrected chi connectivity index (χ0v) is 11.2. The highest BCUT2D eigenvalue weighted by atomic mass is 16.5. The molecule has 0 aliphatic carbocycles. The van der Waals surface area contributed by atoms with Gasteiger partial charge in [-0.05, 0) is 25.1 Å². The van der Waals surface area contributed by atoms with Gasteiger partial charge < -0.3 is 15.0 Å². The summed E-state index contributed by atoms with van der Waals surface area (Å²) in [6, 6.07) is 10.5. The van der Waals surface area contributed by atoms with Gasteiger partial charge in [0.1, 0.15) is 12.4 Å². The summed E-state index contributed by atoms with van der Waals surface area (Å²) in [6.07, 6.45) is 1.39. The number of aromatic amines is 1. The van der Waals surface area contributed by atoms with Crippen molar-refractivity contribution in [3.05, 3.63) is 64.1 Å².